The van der Waals surface area contributed by atoms with Gasteiger partial charge in [-0.05, 0) is 17.7 Å². The van der Waals surface area contributed by atoms with Crippen LogP contribution in [0.15, 0.2) is 48.5 Å². The van der Waals surface area contributed by atoms with E-state index in [2.05, 4.69) is 5.32 Å². The van der Waals surface area contributed by atoms with Crippen LogP contribution in [0.25, 0.3) is 0 Å². The van der Waals surface area contributed by atoms with Crippen LogP contribution in [0.4, 0.5) is 14.5 Å². The molecule has 0 bridgehead atoms. The molecule has 0 saturated heterocycles. The van der Waals surface area contributed by atoms with E-state index in [9.17, 15) is 23.5 Å². The third-order valence-corrected chi connectivity index (χ3v) is 3.10. The maximum Gasteiger partial charge on any atom is 0.313 e. The van der Waals surface area contributed by atoms with Crippen molar-refractivity contribution >= 4 is 17.5 Å². The van der Waals surface area contributed by atoms with Gasteiger partial charge >= 0.3 is 11.8 Å². The Morgan fingerprint density at radius 3 is 2.35 bits per heavy atom. The molecule has 0 aliphatic rings. The van der Waals surface area contributed by atoms with Gasteiger partial charge in [0, 0.05) is 0 Å². The van der Waals surface area contributed by atoms with Crippen molar-refractivity contribution in [3.8, 4) is 0 Å². The van der Waals surface area contributed by atoms with E-state index < -0.39 is 41.8 Å². The van der Waals surface area contributed by atoms with E-state index in [0.717, 1.165) is 12.1 Å². The fourth-order valence-electron chi connectivity index (χ4n) is 1.92. The molecule has 0 aliphatic carbocycles. The molecule has 2 aromatic rings. The number of aliphatic hydroxyl groups is 1. The Bertz CT molecular complexity index is 708. The molecule has 0 radical (unpaired) electrons. The van der Waals surface area contributed by atoms with Crippen molar-refractivity contribution in [3.63, 3.8) is 0 Å². The fourth-order valence-corrected chi connectivity index (χ4v) is 1.92. The van der Waals surface area contributed by atoms with Gasteiger partial charge in [0.25, 0.3) is 0 Å². The quantitative estimate of drug-likeness (QED) is 0.751. The lowest BCUT2D eigenvalue weighted by Crippen LogP contribution is -2.39. The molecule has 0 aliphatic heterocycles. The highest BCUT2D eigenvalue weighted by Gasteiger charge is 2.21. The summed E-state index contributed by atoms with van der Waals surface area (Å²) in [7, 11) is 0. The minimum absolute atomic E-state index is 0.419. The molecular formula is C16H14F2N2O3. The minimum Gasteiger partial charge on any atom is -0.394 e. The van der Waals surface area contributed by atoms with Crippen LogP contribution >= 0.6 is 0 Å². The summed E-state index contributed by atoms with van der Waals surface area (Å²) < 4.78 is 26.5. The molecule has 0 aromatic heterocycles. The predicted molar refractivity (Wildman–Crippen MR) is 79.4 cm³/mol. The number of hydrogen-bond donors (Lipinski definition) is 3. The van der Waals surface area contributed by atoms with Crippen molar-refractivity contribution in [1.29, 1.82) is 0 Å². The lowest BCUT2D eigenvalue weighted by atomic mass is 10.1. The van der Waals surface area contributed by atoms with Crippen LogP contribution in [0.3, 0.4) is 0 Å². The average molecular weight is 320 g/mol. The van der Waals surface area contributed by atoms with Gasteiger partial charge in [0.15, 0.2) is 11.6 Å². The Hall–Kier alpha value is -2.80. The summed E-state index contributed by atoms with van der Waals surface area (Å²) >= 11 is 0. The summed E-state index contributed by atoms with van der Waals surface area (Å²) in [4.78, 5) is 23.6. The van der Waals surface area contributed by atoms with E-state index in [1.807, 2.05) is 5.32 Å². The van der Waals surface area contributed by atoms with E-state index in [1.165, 1.54) is 6.07 Å². The SMILES string of the molecule is O=C(Nc1cccc(F)c1F)C(=O)NC(CO)c1ccccc1. The van der Waals surface area contributed by atoms with E-state index in [-0.39, 0.29) is 0 Å². The Kier molecular flexibility index (Phi) is 5.37. The molecule has 1 unspecified atom stereocenters. The number of benzene rings is 2. The molecule has 0 saturated carbocycles. The van der Waals surface area contributed by atoms with Gasteiger partial charge in [-0.3, -0.25) is 9.59 Å². The molecular weight excluding hydrogens is 306 g/mol. The van der Waals surface area contributed by atoms with Crippen molar-refractivity contribution in [2.45, 2.75) is 6.04 Å². The number of anilines is 1. The van der Waals surface area contributed by atoms with Gasteiger partial charge in [0.1, 0.15) is 0 Å². The van der Waals surface area contributed by atoms with Crippen LogP contribution in [-0.4, -0.2) is 23.5 Å². The van der Waals surface area contributed by atoms with Crippen molar-refractivity contribution in [2.24, 2.45) is 0 Å². The molecule has 2 aromatic carbocycles. The number of aliphatic hydroxyl groups excluding tert-OH is 1. The monoisotopic (exact) mass is 320 g/mol. The van der Waals surface area contributed by atoms with Gasteiger partial charge in [-0.25, -0.2) is 8.78 Å². The third-order valence-electron chi connectivity index (χ3n) is 3.10. The second-order valence-corrected chi connectivity index (χ2v) is 4.67. The first kappa shape index (κ1) is 16.6. The van der Waals surface area contributed by atoms with Crippen LogP contribution in [0.2, 0.25) is 0 Å². The standard InChI is InChI=1S/C16H14F2N2O3/c17-11-7-4-8-12(14(11)18)19-15(22)16(23)20-13(9-21)10-5-2-1-3-6-10/h1-8,13,21H,9H2,(H,19,22)(H,20,23). The first-order valence-corrected chi connectivity index (χ1v) is 6.74. The molecule has 120 valence electrons. The lowest BCUT2D eigenvalue weighted by molar-refractivity contribution is -0.136. The third kappa shape index (κ3) is 4.10. The summed E-state index contributed by atoms with van der Waals surface area (Å²) in [6.07, 6.45) is 0. The molecule has 3 N–H and O–H groups in total. The minimum atomic E-state index is -1.25. The normalized spacial score (nSPS) is 11.6. The largest absolute Gasteiger partial charge is 0.394 e. The number of amides is 2. The van der Waals surface area contributed by atoms with Gasteiger partial charge in [-0.1, -0.05) is 36.4 Å². The maximum atomic E-state index is 13.5. The van der Waals surface area contributed by atoms with Gasteiger partial charge in [-0.15, -0.1) is 0 Å². The summed E-state index contributed by atoms with van der Waals surface area (Å²) in [6, 6.07) is 11.0. The molecule has 0 heterocycles. The topological polar surface area (TPSA) is 78.4 Å². The smallest absolute Gasteiger partial charge is 0.313 e. The number of hydrogen-bond acceptors (Lipinski definition) is 3. The number of halogens is 2. The maximum absolute atomic E-state index is 13.5. The van der Waals surface area contributed by atoms with E-state index in [0.29, 0.717) is 5.56 Å². The second-order valence-electron chi connectivity index (χ2n) is 4.67. The molecule has 5 nitrogen and oxygen atoms in total. The number of rotatable bonds is 4. The number of nitrogens with one attached hydrogen (secondary N) is 2. The van der Waals surface area contributed by atoms with E-state index in [1.54, 1.807) is 30.3 Å². The van der Waals surface area contributed by atoms with Gasteiger partial charge < -0.3 is 15.7 Å². The van der Waals surface area contributed by atoms with Gasteiger partial charge in [0.05, 0.1) is 18.3 Å². The number of carbonyl (C=O) groups excluding carboxylic acids is 2. The van der Waals surface area contributed by atoms with Crippen LogP contribution in [0.1, 0.15) is 11.6 Å². The molecule has 2 rings (SSSR count). The van der Waals surface area contributed by atoms with Crippen molar-refractivity contribution in [3.05, 3.63) is 65.7 Å². The lowest BCUT2D eigenvalue weighted by Gasteiger charge is -2.16. The molecule has 0 spiro atoms. The highest BCUT2D eigenvalue weighted by molar-refractivity contribution is 6.39. The summed E-state index contributed by atoms with van der Waals surface area (Å²) in [5, 5.41) is 13.6. The van der Waals surface area contributed by atoms with Crippen LogP contribution in [0, 0.1) is 11.6 Å². The molecule has 1 atom stereocenters. The molecule has 2 amide bonds. The Labute approximate surface area is 130 Å². The summed E-state index contributed by atoms with van der Waals surface area (Å²) in [6.45, 7) is -0.419. The first-order chi connectivity index (χ1) is 11.0. The zero-order valence-corrected chi connectivity index (χ0v) is 11.9. The van der Waals surface area contributed by atoms with Crippen LogP contribution < -0.4 is 10.6 Å². The van der Waals surface area contributed by atoms with Crippen LogP contribution in [0.5, 0.6) is 0 Å². The number of carbonyl (C=O) groups is 2. The van der Waals surface area contributed by atoms with Crippen molar-refractivity contribution in [2.75, 3.05) is 11.9 Å². The van der Waals surface area contributed by atoms with E-state index in [4.69, 9.17) is 0 Å². The predicted octanol–water partition coefficient (Wildman–Crippen LogP) is 1.75. The first-order valence-electron chi connectivity index (χ1n) is 6.74. The molecule has 7 heteroatoms. The average Bonchev–Trinajstić information content (AvgIpc) is 2.57. The summed E-state index contributed by atoms with van der Waals surface area (Å²) in [5.41, 5.74) is 0.165. The second kappa shape index (κ2) is 7.46. The Morgan fingerprint density at radius 1 is 1.00 bits per heavy atom. The highest BCUT2D eigenvalue weighted by Crippen LogP contribution is 2.16. The Morgan fingerprint density at radius 2 is 1.70 bits per heavy atom. The molecule has 0 fully saturated rings. The van der Waals surface area contributed by atoms with Crippen molar-refractivity contribution in [1.82, 2.24) is 5.32 Å². The zero-order valence-electron chi connectivity index (χ0n) is 11.9. The Balaban J connectivity index is 2.05. The highest BCUT2D eigenvalue weighted by atomic mass is 19.2. The van der Waals surface area contributed by atoms with Gasteiger partial charge in [-0.2, -0.15) is 0 Å². The van der Waals surface area contributed by atoms with Crippen molar-refractivity contribution < 1.29 is 23.5 Å². The fraction of sp³-hybridized carbons (Fsp3) is 0.125. The van der Waals surface area contributed by atoms with Crippen LogP contribution in [-0.2, 0) is 9.59 Å². The molecule has 23 heavy (non-hydrogen) atoms. The van der Waals surface area contributed by atoms with Gasteiger partial charge in [0.2, 0.25) is 0 Å². The summed E-state index contributed by atoms with van der Waals surface area (Å²) in [5.74, 6) is -4.63. The van der Waals surface area contributed by atoms with E-state index >= 15 is 0 Å². The zero-order chi connectivity index (χ0) is 16.8.